The number of pyridine rings is 3. The molecule has 4 heterocycles. The third-order valence-corrected chi connectivity index (χ3v) is 8.65. The van der Waals surface area contributed by atoms with Crippen molar-refractivity contribution in [3.05, 3.63) is 77.1 Å². The Balaban J connectivity index is 1.35. The van der Waals surface area contributed by atoms with Crippen LogP contribution >= 0.6 is 0 Å². The summed E-state index contributed by atoms with van der Waals surface area (Å²) in [6.07, 6.45) is 3.29. The summed E-state index contributed by atoms with van der Waals surface area (Å²) >= 11 is 0. The van der Waals surface area contributed by atoms with Crippen molar-refractivity contribution < 1.29 is 18.3 Å². The molecule has 3 aromatic heterocycles. The van der Waals surface area contributed by atoms with Gasteiger partial charge < -0.3 is 15.3 Å². The van der Waals surface area contributed by atoms with Crippen molar-refractivity contribution in [2.24, 2.45) is 5.92 Å². The second kappa shape index (κ2) is 10.9. The quantitative estimate of drug-likeness (QED) is 0.365. The van der Waals surface area contributed by atoms with E-state index in [1.165, 1.54) is 6.07 Å². The molecular weight excluding hydrogens is 526 g/mol. The van der Waals surface area contributed by atoms with Crippen molar-refractivity contribution in [2.45, 2.75) is 44.7 Å². The number of nitrogens with zero attached hydrogens (tertiary/aromatic N) is 4. The Morgan fingerprint density at radius 2 is 1.88 bits per heavy atom. The molecule has 0 unspecified atom stereocenters. The second-order valence-electron chi connectivity index (χ2n) is 10.6. The fourth-order valence-corrected chi connectivity index (χ4v) is 5.65. The van der Waals surface area contributed by atoms with Gasteiger partial charge in [-0.2, -0.15) is 0 Å². The first kappa shape index (κ1) is 27.7. The lowest BCUT2D eigenvalue weighted by Gasteiger charge is -2.35. The van der Waals surface area contributed by atoms with Gasteiger partial charge in [0, 0.05) is 36.5 Å². The first-order valence-electron chi connectivity index (χ1n) is 13.3. The molecule has 208 valence electrons. The summed E-state index contributed by atoms with van der Waals surface area (Å²) < 4.78 is 24.1. The maximum atomic E-state index is 13.0. The number of benzene rings is 1. The minimum atomic E-state index is -3.45. The van der Waals surface area contributed by atoms with Gasteiger partial charge in [0.15, 0.2) is 9.84 Å². The van der Waals surface area contributed by atoms with Gasteiger partial charge >= 0.3 is 0 Å². The van der Waals surface area contributed by atoms with Crippen LogP contribution in [0.25, 0.3) is 22.3 Å². The summed E-state index contributed by atoms with van der Waals surface area (Å²) in [5.74, 6) is 0.679. The van der Waals surface area contributed by atoms with Crippen molar-refractivity contribution in [3.63, 3.8) is 0 Å². The van der Waals surface area contributed by atoms with Crippen molar-refractivity contribution in [1.82, 2.24) is 20.3 Å². The van der Waals surface area contributed by atoms with Crippen LogP contribution in [0.5, 0.6) is 0 Å². The molecular formula is C30H33N5O4S. The Kier molecular flexibility index (Phi) is 7.57. The number of piperidine rings is 1. The van der Waals surface area contributed by atoms with E-state index < -0.39 is 9.84 Å². The molecule has 0 bridgehead atoms. The fraction of sp³-hybridized carbons (Fsp3) is 0.333. The molecule has 1 aromatic carbocycles. The van der Waals surface area contributed by atoms with Crippen LogP contribution in [-0.2, 0) is 16.4 Å². The third-order valence-electron chi connectivity index (χ3n) is 7.55. The minimum Gasteiger partial charge on any atom is -0.393 e. The molecule has 0 saturated carbocycles. The van der Waals surface area contributed by atoms with E-state index in [2.05, 4.69) is 22.1 Å². The smallest absolute Gasteiger partial charge is 0.251 e. The number of anilines is 1. The number of amides is 1. The van der Waals surface area contributed by atoms with Crippen molar-refractivity contribution in [2.75, 3.05) is 24.2 Å². The van der Waals surface area contributed by atoms with E-state index in [1.54, 1.807) is 26.1 Å². The van der Waals surface area contributed by atoms with Crippen LogP contribution in [-0.4, -0.2) is 59.8 Å². The van der Waals surface area contributed by atoms with Gasteiger partial charge in [0.25, 0.3) is 5.91 Å². The number of aromatic nitrogens is 3. The molecule has 5 rings (SSSR count). The third kappa shape index (κ3) is 5.83. The number of hydrogen-bond acceptors (Lipinski definition) is 8. The molecule has 0 radical (unpaired) electrons. The van der Waals surface area contributed by atoms with Gasteiger partial charge in [0.1, 0.15) is 5.82 Å². The summed E-state index contributed by atoms with van der Waals surface area (Å²) in [6, 6.07) is 14.6. The average molecular weight is 560 g/mol. The van der Waals surface area contributed by atoms with E-state index in [4.69, 9.17) is 9.97 Å². The van der Waals surface area contributed by atoms with Crippen molar-refractivity contribution in [1.29, 1.82) is 0 Å². The monoisotopic (exact) mass is 559 g/mol. The van der Waals surface area contributed by atoms with Gasteiger partial charge in [-0.3, -0.25) is 9.78 Å². The van der Waals surface area contributed by atoms with Crippen LogP contribution < -0.4 is 10.2 Å². The highest BCUT2D eigenvalue weighted by Gasteiger charge is 2.25. The summed E-state index contributed by atoms with van der Waals surface area (Å²) in [5.41, 5.74) is 4.62. The van der Waals surface area contributed by atoms with E-state index in [0.29, 0.717) is 11.3 Å². The predicted octanol–water partition coefficient (Wildman–Crippen LogP) is 3.85. The number of aliphatic hydroxyl groups is 1. The first-order chi connectivity index (χ1) is 19.0. The number of hydrogen-bond donors (Lipinski definition) is 2. The lowest BCUT2D eigenvalue weighted by Crippen LogP contribution is -2.42. The highest BCUT2D eigenvalue weighted by atomic mass is 32.2. The van der Waals surface area contributed by atoms with E-state index in [-0.39, 0.29) is 29.4 Å². The Bertz CT molecular complexity index is 1710. The maximum Gasteiger partial charge on any atom is 0.251 e. The van der Waals surface area contributed by atoms with Gasteiger partial charge in [0.2, 0.25) is 0 Å². The first-order valence-corrected chi connectivity index (χ1v) is 15.1. The van der Waals surface area contributed by atoms with E-state index in [1.807, 2.05) is 36.4 Å². The average Bonchev–Trinajstić information content (AvgIpc) is 2.93. The number of nitrogens with one attached hydrogen (secondary N) is 1. The van der Waals surface area contributed by atoms with E-state index >= 15 is 0 Å². The van der Waals surface area contributed by atoms with Crippen LogP contribution in [0.15, 0.2) is 59.6 Å². The van der Waals surface area contributed by atoms with Crippen molar-refractivity contribution >= 4 is 32.5 Å². The van der Waals surface area contributed by atoms with Crippen molar-refractivity contribution in [3.8, 4) is 11.4 Å². The molecule has 1 aliphatic rings. The second-order valence-corrected chi connectivity index (χ2v) is 12.6. The lowest BCUT2D eigenvalue weighted by atomic mass is 9.97. The van der Waals surface area contributed by atoms with E-state index in [9.17, 15) is 18.3 Å². The molecule has 4 aromatic rings. The molecule has 1 aliphatic heterocycles. The highest BCUT2D eigenvalue weighted by Crippen LogP contribution is 2.26. The van der Waals surface area contributed by atoms with Crippen LogP contribution in [0.2, 0.25) is 0 Å². The molecule has 0 aliphatic carbocycles. The predicted molar refractivity (Wildman–Crippen MR) is 155 cm³/mol. The zero-order valence-electron chi connectivity index (χ0n) is 23.0. The number of rotatable bonds is 6. The highest BCUT2D eigenvalue weighted by molar-refractivity contribution is 7.90. The largest absolute Gasteiger partial charge is 0.393 e. The Morgan fingerprint density at radius 1 is 1.10 bits per heavy atom. The molecule has 1 amide bonds. The number of carbonyl (C=O) groups excluding carboxylic acids is 1. The number of aryl methyl sites for hydroxylation is 1. The molecule has 40 heavy (non-hydrogen) atoms. The minimum absolute atomic E-state index is 0.117. The number of carbonyl (C=O) groups is 1. The van der Waals surface area contributed by atoms with Gasteiger partial charge in [-0.1, -0.05) is 13.0 Å². The Morgan fingerprint density at radius 3 is 2.62 bits per heavy atom. The SMILES string of the molecule is Cc1cc(S(C)(=O)=O)cc(C(=O)NCc2cc3nc(-c4cccc(N5CC[C@@H](O)[C@@H](C)C5)n4)ccc3cn2)c1C. The summed E-state index contributed by atoms with van der Waals surface area (Å²) in [4.78, 5) is 29.5. The fourth-order valence-electron chi connectivity index (χ4n) is 4.92. The maximum absolute atomic E-state index is 13.0. The van der Waals surface area contributed by atoms with Crippen LogP contribution in [0.3, 0.4) is 0 Å². The van der Waals surface area contributed by atoms with Gasteiger partial charge in [-0.25, -0.2) is 18.4 Å². The van der Waals surface area contributed by atoms with Crippen LogP contribution in [0.1, 0.15) is 40.5 Å². The molecule has 10 heteroatoms. The Hall–Kier alpha value is -3.89. The number of fused-ring (bicyclic) bond motifs is 1. The number of sulfone groups is 1. The zero-order chi connectivity index (χ0) is 28.6. The summed E-state index contributed by atoms with van der Waals surface area (Å²) in [7, 11) is -3.45. The van der Waals surface area contributed by atoms with E-state index in [0.717, 1.165) is 65.0 Å². The summed E-state index contributed by atoms with van der Waals surface area (Å²) in [5, 5.41) is 13.8. The van der Waals surface area contributed by atoms with Gasteiger partial charge in [0.05, 0.1) is 40.1 Å². The Labute approximate surface area is 234 Å². The van der Waals surface area contributed by atoms with Gasteiger partial charge in [-0.15, -0.1) is 0 Å². The standard InChI is InChI=1S/C30H33N5O4S/c1-18-12-23(40(4,38)39)14-24(20(18)3)30(37)32-16-22-13-27-21(15-31-22)8-9-26(33-27)25-6-5-7-29(34-25)35-11-10-28(36)19(2)17-35/h5-9,12-15,19,28,36H,10-11,16-17H2,1-4H3,(H,32,37)/t19-,28+/m0/s1. The molecule has 9 nitrogen and oxygen atoms in total. The number of aliphatic hydroxyl groups excluding tert-OH is 1. The van der Waals surface area contributed by atoms with Gasteiger partial charge in [-0.05, 0) is 79.8 Å². The molecule has 0 spiro atoms. The molecule has 2 atom stereocenters. The van der Waals surface area contributed by atoms with Crippen LogP contribution in [0.4, 0.5) is 5.82 Å². The molecule has 1 fully saturated rings. The topological polar surface area (TPSA) is 125 Å². The zero-order valence-corrected chi connectivity index (χ0v) is 23.9. The molecule has 2 N–H and O–H groups in total. The normalized spacial score (nSPS) is 17.7. The summed E-state index contributed by atoms with van der Waals surface area (Å²) in [6.45, 7) is 7.31. The van der Waals surface area contributed by atoms with Crippen LogP contribution in [0, 0.1) is 19.8 Å². The lowest BCUT2D eigenvalue weighted by molar-refractivity contribution is 0.0948. The molecule has 1 saturated heterocycles.